The number of nitrogens with one attached hydrogen (secondary N) is 2. The maximum absolute atomic E-state index is 13.0. The van der Waals surface area contributed by atoms with Crippen molar-refractivity contribution in [1.82, 2.24) is 9.97 Å². The smallest absolute Gasteiger partial charge is 0.375 e. The summed E-state index contributed by atoms with van der Waals surface area (Å²) in [4.78, 5) is 78.6. The number of amides is 1. The standard InChI is InChI=1S/C20H13FN4O8/c1-33-20(30)17(27)14(16(26)19(29)22-10-4-2-9(21)3-5-10)15-18(28)24-13-8-11(25(31)32)6-7-12(13)23-15/h2-8,14H,1H3,(H,22,29)(H,24,28)/t14-/m1/s1. The first kappa shape index (κ1) is 22.9. The molecule has 3 rings (SSSR count). The maximum atomic E-state index is 13.0. The van der Waals surface area contributed by atoms with Crippen LogP contribution >= 0.6 is 0 Å². The largest absolute Gasteiger partial charge is 0.463 e. The number of nitro groups is 1. The van der Waals surface area contributed by atoms with Gasteiger partial charge in [0, 0.05) is 17.8 Å². The summed E-state index contributed by atoms with van der Waals surface area (Å²) in [5, 5.41) is 13.1. The number of halogens is 1. The van der Waals surface area contributed by atoms with Crippen molar-refractivity contribution in [3.63, 3.8) is 0 Å². The van der Waals surface area contributed by atoms with Crippen LogP contribution in [0.15, 0.2) is 47.3 Å². The first-order chi connectivity index (χ1) is 15.6. The van der Waals surface area contributed by atoms with Gasteiger partial charge in [0.15, 0.2) is 0 Å². The Balaban J connectivity index is 2.06. The monoisotopic (exact) mass is 456 g/mol. The van der Waals surface area contributed by atoms with Crippen LogP contribution in [0.3, 0.4) is 0 Å². The van der Waals surface area contributed by atoms with E-state index in [9.17, 15) is 38.5 Å². The molecule has 0 spiro atoms. The number of non-ortho nitro benzene ring substituents is 1. The predicted molar refractivity (Wildman–Crippen MR) is 109 cm³/mol. The van der Waals surface area contributed by atoms with Crippen LogP contribution in [-0.2, 0) is 23.9 Å². The molecule has 2 aromatic carbocycles. The third-order valence-corrected chi connectivity index (χ3v) is 4.42. The van der Waals surface area contributed by atoms with Gasteiger partial charge >= 0.3 is 5.97 Å². The van der Waals surface area contributed by atoms with Crippen LogP contribution < -0.4 is 10.9 Å². The number of ether oxygens (including phenoxy) is 1. The third kappa shape index (κ3) is 4.76. The molecule has 1 amide bonds. The van der Waals surface area contributed by atoms with Gasteiger partial charge in [0.05, 0.1) is 23.1 Å². The quantitative estimate of drug-likeness (QED) is 0.172. The lowest BCUT2D eigenvalue weighted by Crippen LogP contribution is -2.39. The topological polar surface area (TPSA) is 178 Å². The lowest BCUT2D eigenvalue weighted by Gasteiger charge is -2.13. The first-order valence-electron chi connectivity index (χ1n) is 9.03. The highest BCUT2D eigenvalue weighted by atomic mass is 19.1. The number of carbonyl (C=O) groups excluding carboxylic acids is 4. The van der Waals surface area contributed by atoms with Crippen molar-refractivity contribution in [3.8, 4) is 0 Å². The van der Waals surface area contributed by atoms with E-state index in [0.717, 1.165) is 49.6 Å². The Kier molecular flexibility index (Phi) is 6.33. The molecule has 0 aliphatic carbocycles. The van der Waals surface area contributed by atoms with Gasteiger partial charge in [-0.25, -0.2) is 14.2 Å². The minimum Gasteiger partial charge on any atom is -0.463 e. The van der Waals surface area contributed by atoms with Gasteiger partial charge in [-0.15, -0.1) is 0 Å². The van der Waals surface area contributed by atoms with Crippen LogP contribution in [0, 0.1) is 15.9 Å². The van der Waals surface area contributed by atoms with Gasteiger partial charge in [0.2, 0.25) is 5.78 Å². The molecule has 12 nitrogen and oxygen atoms in total. The van der Waals surface area contributed by atoms with Crippen LogP contribution in [0.5, 0.6) is 0 Å². The number of methoxy groups -OCH3 is 1. The van der Waals surface area contributed by atoms with Crippen molar-refractivity contribution < 1.29 is 33.2 Å². The fourth-order valence-corrected chi connectivity index (χ4v) is 2.84. The van der Waals surface area contributed by atoms with Crippen LogP contribution in [0.4, 0.5) is 15.8 Å². The number of esters is 1. The second-order valence-corrected chi connectivity index (χ2v) is 6.52. The average Bonchev–Trinajstić information content (AvgIpc) is 2.79. The molecule has 33 heavy (non-hydrogen) atoms. The molecule has 0 fully saturated rings. The van der Waals surface area contributed by atoms with Crippen LogP contribution in [0.25, 0.3) is 11.0 Å². The van der Waals surface area contributed by atoms with E-state index in [1.165, 1.54) is 0 Å². The molecule has 0 saturated heterocycles. The molecule has 3 aromatic rings. The number of carbonyl (C=O) groups is 4. The molecule has 0 radical (unpaired) electrons. The normalized spacial score (nSPS) is 11.5. The number of Topliss-reactive ketones (excluding diaryl/α,β-unsaturated/α-hetero) is 2. The second kappa shape index (κ2) is 9.13. The molecule has 1 heterocycles. The highest BCUT2D eigenvalue weighted by Gasteiger charge is 2.40. The molecule has 168 valence electrons. The molecule has 0 aliphatic heterocycles. The molecule has 2 N–H and O–H groups in total. The summed E-state index contributed by atoms with van der Waals surface area (Å²) in [5.41, 5.74) is -2.40. The summed E-state index contributed by atoms with van der Waals surface area (Å²) >= 11 is 0. The van der Waals surface area contributed by atoms with Gasteiger partial charge in [-0.05, 0) is 30.3 Å². The molecule has 1 atom stereocenters. The molecule has 1 aromatic heterocycles. The van der Waals surface area contributed by atoms with Gasteiger partial charge in [0.1, 0.15) is 17.4 Å². The molecule has 13 heteroatoms. The van der Waals surface area contributed by atoms with Gasteiger partial charge in [-0.1, -0.05) is 0 Å². The van der Waals surface area contributed by atoms with Crippen molar-refractivity contribution in [2.45, 2.75) is 5.92 Å². The van der Waals surface area contributed by atoms with Gasteiger partial charge in [0.25, 0.3) is 22.9 Å². The Labute approximate surface area is 182 Å². The van der Waals surface area contributed by atoms with Gasteiger partial charge in [-0.2, -0.15) is 0 Å². The summed E-state index contributed by atoms with van der Waals surface area (Å²) < 4.78 is 17.4. The van der Waals surface area contributed by atoms with E-state index in [1.807, 2.05) is 0 Å². The maximum Gasteiger partial charge on any atom is 0.375 e. The van der Waals surface area contributed by atoms with Gasteiger partial charge < -0.3 is 15.0 Å². The Bertz CT molecular complexity index is 1370. The number of ketones is 2. The Hall–Kier alpha value is -4.81. The molecule has 0 saturated carbocycles. The Morgan fingerprint density at radius 2 is 1.79 bits per heavy atom. The van der Waals surface area contributed by atoms with Crippen molar-refractivity contribution in [2.75, 3.05) is 12.4 Å². The van der Waals surface area contributed by atoms with Gasteiger partial charge in [-0.3, -0.25) is 29.3 Å². The van der Waals surface area contributed by atoms with Crippen LogP contribution in [0.2, 0.25) is 0 Å². The van der Waals surface area contributed by atoms with E-state index in [-0.39, 0.29) is 22.4 Å². The number of hydrogen-bond donors (Lipinski definition) is 2. The second-order valence-electron chi connectivity index (χ2n) is 6.52. The average molecular weight is 456 g/mol. The lowest BCUT2D eigenvalue weighted by atomic mass is 9.94. The molecule has 0 aliphatic rings. The number of hydrogen-bond acceptors (Lipinski definition) is 9. The summed E-state index contributed by atoms with van der Waals surface area (Å²) in [6.07, 6.45) is 0. The summed E-state index contributed by atoms with van der Waals surface area (Å²) in [7, 11) is 0.859. The van der Waals surface area contributed by atoms with E-state index in [0.29, 0.717) is 0 Å². The zero-order valence-corrected chi connectivity index (χ0v) is 16.7. The predicted octanol–water partition coefficient (Wildman–Crippen LogP) is 1.00. The highest BCUT2D eigenvalue weighted by molar-refractivity contribution is 6.52. The number of nitrogens with zero attached hydrogens (tertiary/aromatic N) is 2. The third-order valence-electron chi connectivity index (χ3n) is 4.42. The fourth-order valence-electron chi connectivity index (χ4n) is 2.84. The highest BCUT2D eigenvalue weighted by Crippen LogP contribution is 2.21. The van der Waals surface area contributed by atoms with Crippen LogP contribution in [0.1, 0.15) is 11.6 Å². The molecule has 0 bridgehead atoms. The van der Waals surface area contributed by atoms with E-state index < -0.39 is 51.4 Å². The fraction of sp³-hybridized carbons (Fsp3) is 0.100. The first-order valence-corrected chi connectivity index (χ1v) is 9.03. The summed E-state index contributed by atoms with van der Waals surface area (Å²) in [6.45, 7) is 0. The van der Waals surface area contributed by atoms with E-state index in [4.69, 9.17) is 0 Å². The molecule has 0 unspecified atom stereocenters. The molecular formula is C20H13FN4O8. The lowest BCUT2D eigenvalue weighted by molar-refractivity contribution is -0.384. The van der Waals surface area contributed by atoms with E-state index in [1.54, 1.807) is 0 Å². The summed E-state index contributed by atoms with van der Waals surface area (Å²) in [6, 6.07) is 7.52. The number of fused-ring (bicyclic) bond motifs is 1. The number of aromatic nitrogens is 2. The Morgan fingerprint density at radius 3 is 2.39 bits per heavy atom. The number of H-pyrrole nitrogens is 1. The van der Waals surface area contributed by atoms with Crippen molar-refractivity contribution in [1.29, 1.82) is 0 Å². The van der Waals surface area contributed by atoms with Crippen molar-refractivity contribution in [3.05, 3.63) is 74.4 Å². The van der Waals surface area contributed by atoms with Crippen molar-refractivity contribution >= 4 is 45.9 Å². The summed E-state index contributed by atoms with van der Waals surface area (Å²) in [5.74, 6) is -8.79. The van der Waals surface area contributed by atoms with Crippen LogP contribution in [-0.4, -0.2) is 45.4 Å². The SMILES string of the molecule is COC(=O)C(=O)[C@@H](C(=O)C(=O)Nc1ccc(F)cc1)c1nc2ccc([N+](=O)[O-])cc2[nH]c1=O. The Morgan fingerprint density at radius 1 is 1.12 bits per heavy atom. The minimum atomic E-state index is -2.26. The number of nitro benzene ring substituents is 1. The zero-order chi connectivity index (χ0) is 24.3. The molecular weight excluding hydrogens is 443 g/mol. The number of benzene rings is 2. The number of anilines is 1. The minimum absolute atomic E-state index is 0.00621. The number of aromatic amines is 1. The number of rotatable bonds is 7. The van der Waals surface area contributed by atoms with E-state index in [2.05, 4.69) is 20.0 Å². The van der Waals surface area contributed by atoms with Crippen molar-refractivity contribution in [2.24, 2.45) is 0 Å². The van der Waals surface area contributed by atoms with E-state index >= 15 is 0 Å². The zero-order valence-electron chi connectivity index (χ0n) is 16.7.